The van der Waals surface area contributed by atoms with Gasteiger partial charge in [0.05, 0.1) is 5.70 Å². The monoisotopic (exact) mass is 382 g/mol. The summed E-state index contributed by atoms with van der Waals surface area (Å²) >= 11 is 0. The third-order valence-corrected chi connectivity index (χ3v) is 5.85. The number of benzene rings is 1. The predicted octanol–water partition coefficient (Wildman–Crippen LogP) is 2.38. The summed E-state index contributed by atoms with van der Waals surface area (Å²) in [6.07, 6.45) is 2.49. The first-order valence-corrected chi connectivity index (χ1v) is 10.0. The summed E-state index contributed by atoms with van der Waals surface area (Å²) in [6.45, 7) is 8.95. The lowest BCUT2D eigenvalue weighted by atomic mass is 10.1. The lowest BCUT2D eigenvalue weighted by Gasteiger charge is -2.37. The summed E-state index contributed by atoms with van der Waals surface area (Å²) in [4.78, 5) is 32.9. The molecule has 0 bridgehead atoms. The summed E-state index contributed by atoms with van der Waals surface area (Å²) in [7, 11) is 0. The molecule has 150 valence electrons. The SMILES string of the molecule is CC(=O)/C(N)=C1\CCCC1=NCC(=O)N1CCN(c2cccc(C)c2C)CC1. The standard InChI is InChI=1S/C22H30N4O2/c1-15-6-4-9-20(16(15)2)25-10-12-26(13-11-25)21(28)14-24-19-8-5-7-18(19)22(23)17(3)27/h4,6,9H,5,7-8,10-14,23H2,1-3H3/b22-18-,24-19?. The Balaban J connectivity index is 1.59. The number of rotatable bonds is 4. The van der Waals surface area contributed by atoms with Gasteiger partial charge in [-0.3, -0.25) is 14.6 Å². The number of anilines is 1. The van der Waals surface area contributed by atoms with E-state index in [4.69, 9.17) is 5.73 Å². The van der Waals surface area contributed by atoms with Crippen molar-refractivity contribution in [3.05, 3.63) is 40.6 Å². The van der Waals surface area contributed by atoms with Crippen molar-refractivity contribution in [3.8, 4) is 0 Å². The molecule has 0 spiro atoms. The van der Waals surface area contributed by atoms with Crippen LogP contribution in [0.25, 0.3) is 0 Å². The van der Waals surface area contributed by atoms with Gasteiger partial charge in [-0.1, -0.05) is 12.1 Å². The van der Waals surface area contributed by atoms with E-state index in [1.54, 1.807) is 0 Å². The molecule has 1 aliphatic heterocycles. The number of aryl methyl sites for hydroxylation is 1. The Morgan fingerprint density at radius 2 is 1.82 bits per heavy atom. The zero-order valence-electron chi connectivity index (χ0n) is 17.1. The van der Waals surface area contributed by atoms with E-state index in [9.17, 15) is 9.59 Å². The normalized spacial score (nSPS) is 20.6. The van der Waals surface area contributed by atoms with Crippen LogP contribution in [0.15, 0.2) is 34.5 Å². The molecule has 6 nitrogen and oxygen atoms in total. The lowest BCUT2D eigenvalue weighted by molar-refractivity contribution is -0.129. The van der Waals surface area contributed by atoms with Crippen molar-refractivity contribution in [2.24, 2.45) is 10.7 Å². The van der Waals surface area contributed by atoms with Gasteiger partial charge in [0, 0.05) is 44.5 Å². The van der Waals surface area contributed by atoms with Crippen molar-refractivity contribution in [1.82, 2.24) is 4.90 Å². The number of piperazine rings is 1. The highest BCUT2D eigenvalue weighted by atomic mass is 16.2. The van der Waals surface area contributed by atoms with Crippen molar-refractivity contribution in [2.75, 3.05) is 37.6 Å². The number of Topliss-reactive ketones (excluding diaryl/α,β-unsaturated/α-hetero) is 1. The number of allylic oxidation sites excluding steroid dienone is 2. The Morgan fingerprint density at radius 3 is 2.50 bits per heavy atom. The smallest absolute Gasteiger partial charge is 0.244 e. The molecule has 0 atom stereocenters. The van der Waals surface area contributed by atoms with Crippen LogP contribution in [0.3, 0.4) is 0 Å². The molecule has 3 rings (SSSR count). The average molecular weight is 383 g/mol. The molecule has 1 aromatic carbocycles. The molecule has 6 heteroatoms. The van der Waals surface area contributed by atoms with Crippen LogP contribution in [0.2, 0.25) is 0 Å². The minimum atomic E-state index is -0.126. The molecule has 2 aliphatic rings. The van der Waals surface area contributed by atoms with Crippen LogP contribution in [0, 0.1) is 13.8 Å². The molecule has 0 radical (unpaired) electrons. The zero-order valence-corrected chi connectivity index (χ0v) is 17.1. The van der Waals surface area contributed by atoms with Gasteiger partial charge in [0.25, 0.3) is 0 Å². The van der Waals surface area contributed by atoms with E-state index < -0.39 is 0 Å². The van der Waals surface area contributed by atoms with Gasteiger partial charge in [-0.05, 0) is 55.9 Å². The summed E-state index contributed by atoms with van der Waals surface area (Å²) in [5.41, 5.74) is 11.7. The molecule has 1 aliphatic carbocycles. The van der Waals surface area contributed by atoms with Crippen molar-refractivity contribution in [3.63, 3.8) is 0 Å². The summed E-state index contributed by atoms with van der Waals surface area (Å²) in [5, 5.41) is 0. The zero-order chi connectivity index (χ0) is 20.3. The maximum atomic E-state index is 12.6. The highest BCUT2D eigenvalue weighted by Gasteiger charge is 2.24. The molecular formula is C22H30N4O2. The maximum absolute atomic E-state index is 12.6. The van der Waals surface area contributed by atoms with Crippen LogP contribution in [-0.4, -0.2) is 55.0 Å². The second-order valence-electron chi connectivity index (χ2n) is 7.65. The lowest BCUT2D eigenvalue weighted by Crippen LogP contribution is -2.49. The van der Waals surface area contributed by atoms with E-state index in [2.05, 4.69) is 41.9 Å². The van der Waals surface area contributed by atoms with Crippen molar-refractivity contribution in [2.45, 2.75) is 40.0 Å². The fourth-order valence-electron chi connectivity index (χ4n) is 3.94. The van der Waals surface area contributed by atoms with Gasteiger partial charge < -0.3 is 15.5 Å². The van der Waals surface area contributed by atoms with Gasteiger partial charge in [0.1, 0.15) is 6.54 Å². The first kappa shape index (κ1) is 20.1. The van der Waals surface area contributed by atoms with Gasteiger partial charge in [0.2, 0.25) is 5.91 Å². The minimum absolute atomic E-state index is 0.0424. The largest absolute Gasteiger partial charge is 0.396 e. The molecule has 0 aromatic heterocycles. The van der Waals surface area contributed by atoms with Crippen molar-refractivity contribution in [1.29, 1.82) is 0 Å². The van der Waals surface area contributed by atoms with Crippen LogP contribution in [0.5, 0.6) is 0 Å². The Kier molecular flexibility index (Phi) is 6.17. The number of nitrogens with zero attached hydrogens (tertiary/aromatic N) is 3. The highest BCUT2D eigenvalue weighted by molar-refractivity contribution is 6.09. The molecule has 2 fully saturated rings. The number of amides is 1. The van der Waals surface area contributed by atoms with Crippen LogP contribution < -0.4 is 10.6 Å². The third-order valence-electron chi connectivity index (χ3n) is 5.85. The molecule has 1 aromatic rings. The number of hydrogen-bond acceptors (Lipinski definition) is 5. The fourth-order valence-corrected chi connectivity index (χ4v) is 3.94. The summed E-state index contributed by atoms with van der Waals surface area (Å²) < 4.78 is 0. The van der Waals surface area contributed by atoms with E-state index in [0.717, 1.165) is 43.6 Å². The van der Waals surface area contributed by atoms with Crippen LogP contribution in [-0.2, 0) is 9.59 Å². The molecule has 1 heterocycles. The molecule has 1 amide bonds. The topological polar surface area (TPSA) is 79.0 Å². The van der Waals surface area contributed by atoms with Crippen LogP contribution in [0.4, 0.5) is 5.69 Å². The number of carbonyl (C=O) groups is 2. The van der Waals surface area contributed by atoms with Crippen LogP contribution >= 0.6 is 0 Å². The van der Waals surface area contributed by atoms with Gasteiger partial charge in [-0.2, -0.15) is 0 Å². The average Bonchev–Trinajstić information content (AvgIpc) is 3.16. The van der Waals surface area contributed by atoms with E-state index in [1.165, 1.54) is 23.7 Å². The molecule has 0 unspecified atom stereocenters. The predicted molar refractivity (Wildman–Crippen MR) is 113 cm³/mol. The maximum Gasteiger partial charge on any atom is 0.244 e. The highest BCUT2D eigenvalue weighted by Crippen LogP contribution is 2.25. The van der Waals surface area contributed by atoms with Crippen molar-refractivity contribution < 1.29 is 9.59 Å². The van der Waals surface area contributed by atoms with E-state index >= 15 is 0 Å². The van der Waals surface area contributed by atoms with Crippen molar-refractivity contribution >= 4 is 23.1 Å². The Morgan fingerprint density at radius 1 is 1.11 bits per heavy atom. The number of ketones is 1. The number of nitrogens with two attached hydrogens (primary N) is 1. The minimum Gasteiger partial charge on any atom is -0.396 e. The molecule has 1 saturated heterocycles. The number of hydrogen-bond donors (Lipinski definition) is 1. The van der Waals surface area contributed by atoms with Gasteiger partial charge in [-0.25, -0.2) is 0 Å². The first-order valence-electron chi connectivity index (χ1n) is 10.0. The third kappa shape index (κ3) is 4.26. The summed E-state index contributed by atoms with van der Waals surface area (Å²) in [6, 6.07) is 6.37. The quantitative estimate of drug-likeness (QED) is 0.811. The second-order valence-corrected chi connectivity index (χ2v) is 7.65. The molecule has 2 N–H and O–H groups in total. The Labute approximate surface area is 167 Å². The second kappa shape index (κ2) is 8.59. The van der Waals surface area contributed by atoms with E-state index in [-0.39, 0.29) is 18.2 Å². The van der Waals surface area contributed by atoms with Gasteiger partial charge in [-0.15, -0.1) is 0 Å². The number of carbonyl (C=O) groups excluding carboxylic acids is 2. The Hall–Kier alpha value is -2.63. The van der Waals surface area contributed by atoms with E-state index in [1.807, 2.05) is 4.90 Å². The van der Waals surface area contributed by atoms with Gasteiger partial charge >= 0.3 is 0 Å². The first-order chi connectivity index (χ1) is 13.4. The molecular weight excluding hydrogens is 352 g/mol. The fraction of sp³-hybridized carbons (Fsp3) is 0.500. The molecule has 1 saturated carbocycles. The summed E-state index contributed by atoms with van der Waals surface area (Å²) in [5.74, 6) is -0.0840. The molecule has 28 heavy (non-hydrogen) atoms. The Bertz CT molecular complexity index is 833. The van der Waals surface area contributed by atoms with Crippen LogP contribution in [0.1, 0.15) is 37.3 Å². The van der Waals surface area contributed by atoms with E-state index in [0.29, 0.717) is 18.8 Å². The number of aliphatic imine (C=N–C) groups is 1. The van der Waals surface area contributed by atoms with Gasteiger partial charge in [0.15, 0.2) is 5.78 Å².